The van der Waals surface area contributed by atoms with Crippen molar-refractivity contribution >= 4 is 17.8 Å². The van der Waals surface area contributed by atoms with Gasteiger partial charge >= 0.3 is 0 Å². The molecule has 0 bridgehead atoms. The van der Waals surface area contributed by atoms with E-state index in [-0.39, 0.29) is 35.4 Å². The molecule has 2 amide bonds. The summed E-state index contributed by atoms with van der Waals surface area (Å²) in [6, 6.07) is 6.06. The van der Waals surface area contributed by atoms with E-state index in [0.717, 1.165) is 10.5 Å². The molecule has 6 nitrogen and oxygen atoms in total. The second-order valence-electron chi connectivity index (χ2n) is 6.05. The van der Waals surface area contributed by atoms with Crippen LogP contribution in [0.1, 0.15) is 24.2 Å². The zero-order valence-electron chi connectivity index (χ0n) is 12.8. The zero-order chi connectivity index (χ0) is 16.7. The quantitative estimate of drug-likeness (QED) is 0.691. The molecule has 1 N–H and O–H groups in total. The van der Waals surface area contributed by atoms with Crippen LogP contribution in [0.5, 0.6) is 0 Å². The molecule has 7 heteroatoms. The minimum atomic E-state index is -0.304. The van der Waals surface area contributed by atoms with Crippen LogP contribution in [0.25, 0.3) is 0 Å². The van der Waals surface area contributed by atoms with E-state index in [9.17, 15) is 14.0 Å². The van der Waals surface area contributed by atoms with Crippen molar-refractivity contribution in [3.8, 4) is 0 Å². The minimum Gasteiger partial charge on any atom is -0.274 e. The standard InChI is InChI=1S/C17H15FN4O2/c18-11-7-5-10(6-8-11)9-14-19-17(21-20-14)22-15(23)12-3-1-2-4-13(12)16(22)24/h1-2,5-8,12-13H,3-4,9H2,(H,19,20,21)/t12-,13+. The predicted molar refractivity (Wildman–Crippen MR) is 83.4 cm³/mol. The Morgan fingerprint density at radius 3 is 2.33 bits per heavy atom. The highest BCUT2D eigenvalue weighted by Crippen LogP contribution is 2.36. The third kappa shape index (κ3) is 2.42. The summed E-state index contributed by atoms with van der Waals surface area (Å²) in [5.41, 5.74) is 0.857. The molecule has 2 heterocycles. The number of carbonyl (C=O) groups excluding carboxylic acids is 2. The van der Waals surface area contributed by atoms with Gasteiger partial charge in [-0.25, -0.2) is 9.29 Å². The van der Waals surface area contributed by atoms with Crippen LogP contribution in [0, 0.1) is 17.7 Å². The van der Waals surface area contributed by atoms with Gasteiger partial charge in [-0.15, -0.1) is 5.10 Å². The number of nitrogens with zero attached hydrogens (tertiary/aromatic N) is 3. The smallest absolute Gasteiger partial charge is 0.258 e. The summed E-state index contributed by atoms with van der Waals surface area (Å²) in [6.45, 7) is 0. The maximum atomic E-state index is 12.9. The van der Waals surface area contributed by atoms with Crippen molar-refractivity contribution in [2.45, 2.75) is 19.3 Å². The summed E-state index contributed by atoms with van der Waals surface area (Å²) < 4.78 is 12.9. The molecule has 2 aliphatic rings. The second-order valence-corrected chi connectivity index (χ2v) is 6.05. The number of aromatic nitrogens is 3. The minimum absolute atomic E-state index is 0.0940. The summed E-state index contributed by atoms with van der Waals surface area (Å²) >= 11 is 0. The van der Waals surface area contributed by atoms with Crippen molar-refractivity contribution in [1.82, 2.24) is 15.2 Å². The Labute approximate surface area is 137 Å². The normalized spacial score (nSPS) is 23.0. The second kappa shape index (κ2) is 5.67. The van der Waals surface area contributed by atoms with Crippen LogP contribution >= 0.6 is 0 Å². The molecule has 122 valence electrons. The van der Waals surface area contributed by atoms with Crippen molar-refractivity contribution < 1.29 is 14.0 Å². The molecule has 1 fully saturated rings. The van der Waals surface area contributed by atoms with E-state index in [0.29, 0.717) is 25.1 Å². The molecular formula is C17H15FN4O2. The Morgan fingerprint density at radius 2 is 1.71 bits per heavy atom. The number of rotatable bonds is 3. The fraction of sp³-hybridized carbons (Fsp3) is 0.294. The summed E-state index contributed by atoms with van der Waals surface area (Å²) in [5, 5.41) is 6.78. The molecule has 1 aromatic heterocycles. The lowest BCUT2D eigenvalue weighted by molar-refractivity contribution is -0.122. The first kappa shape index (κ1) is 14.7. The number of hydrogen-bond acceptors (Lipinski definition) is 4. The molecule has 2 aromatic rings. The molecule has 24 heavy (non-hydrogen) atoms. The number of hydrogen-bond donors (Lipinski definition) is 1. The van der Waals surface area contributed by atoms with E-state index in [2.05, 4.69) is 15.2 Å². The molecule has 0 saturated carbocycles. The highest BCUT2D eigenvalue weighted by molar-refractivity contribution is 6.21. The molecule has 2 atom stereocenters. The van der Waals surface area contributed by atoms with Gasteiger partial charge in [0.15, 0.2) is 0 Å². The van der Waals surface area contributed by atoms with Crippen LogP contribution in [-0.2, 0) is 16.0 Å². The third-order valence-corrected chi connectivity index (χ3v) is 4.51. The molecule has 0 radical (unpaired) electrons. The Morgan fingerprint density at radius 1 is 1.08 bits per heavy atom. The lowest BCUT2D eigenvalue weighted by atomic mass is 9.85. The summed E-state index contributed by atoms with van der Waals surface area (Å²) in [6.07, 6.45) is 5.46. The van der Waals surface area contributed by atoms with Crippen molar-refractivity contribution in [2.75, 3.05) is 4.90 Å². The largest absolute Gasteiger partial charge is 0.274 e. The monoisotopic (exact) mass is 326 g/mol. The Bertz CT molecular complexity index is 801. The highest BCUT2D eigenvalue weighted by Gasteiger charge is 2.49. The maximum absolute atomic E-state index is 12.9. The molecule has 0 unspecified atom stereocenters. The van der Waals surface area contributed by atoms with Crippen molar-refractivity contribution in [2.24, 2.45) is 11.8 Å². The Kier molecular flexibility index (Phi) is 3.48. The van der Waals surface area contributed by atoms with Gasteiger partial charge in [0, 0.05) is 6.42 Å². The molecule has 4 rings (SSSR count). The van der Waals surface area contributed by atoms with Crippen LogP contribution in [0.4, 0.5) is 10.3 Å². The van der Waals surface area contributed by atoms with E-state index >= 15 is 0 Å². The Hall–Kier alpha value is -2.83. The van der Waals surface area contributed by atoms with Crippen molar-refractivity contribution in [1.29, 1.82) is 0 Å². The van der Waals surface area contributed by atoms with E-state index in [1.165, 1.54) is 12.1 Å². The first-order valence-electron chi connectivity index (χ1n) is 7.82. The fourth-order valence-corrected chi connectivity index (χ4v) is 3.26. The number of amides is 2. The first-order chi connectivity index (χ1) is 11.6. The van der Waals surface area contributed by atoms with Gasteiger partial charge in [0.25, 0.3) is 5.95 Å². The van der Waals surface area contributed by atoms with Gasteiger partial charge < -0.3 is 0 Å². The van der Waals surface area contributed by atoms with Crippen LogP contribution in [-0.4, -0.2) is 27.0 Å². The number of carbonyl (C=O) groups is 2. The van der Waals surface area contributed by atoms with Gasteiger partial charge in [0.1, 0.15) is 11.6 Å². The SMILES string of the molecule is O=C1[C@H]2CC=CC[C@H]2C(=O)N1c1n[nH]c(Cc2ccc(F)cc2)n1. The summed E-state index contributed by atoms with van der Waals surface area (Å²) in [7, 11) is 0. The number of aromatic amines is 1. The number of H-pyrrole nitrogens is 1. The number of imide groups is 1. The van der Waals surface area contributed by atoms with Gasteiger partial charge in [-0.05, 0) is 30.5 Å². The number of nitrogens with one attached hydrogen (secondary N) is 1. The van der Waals surface area contributed by atoms with E-state index in [1.54, 1.807) is 12.1 Å². The van der Waals surface area contributed by atoms with Crippen molar-refractivity contribution in [3.05, 3.63) is 53.6 Å². The lowest BCUT2D eigenvalue weighted by Gasteiger charge is -2.14. The van der Waals surface area contributed by atoms with E-state index in [1.807, 2.05) is 12.2 Å². The van der Waals surface area contributed by atoms with Crippen molar-refractivity contribution in [3.63, 3.8) is 0 Å². The average molecular weight is 326 g/mol. The summed E-state index contributed by atoms with van der Waals surface area (Å²) in [4.78, 5) is 30.3. The number of allylic oxidation sites excluding steroid dienone is 2. The van der Waals surface area contributed by atoms with Gasteiger partial charge in [0.05, 0.1) is 11.8 Å². The molecule has 1 aliphatic carbocycles. The van der Waals surface area contributed by atoms with Gasteiger partial charge in [0.2, 0.25) is 11.8 Å². The van der Waals surface area contributed by atoms with Gasteiger partial charge in [-0.1, -0.05) is 24.3 Å². The predicted octanol–water partition coefficient (Wildman–Crippen LogP) is 1.99. The van der Waals surface area contributed by atoms with Gasteiger partial charge in [-0.2, -0.15) is 4.98 Å². The first-order valence-corrected chi connectivity index (χ1v) is 7.82. The fourth-order valence-electron chi connectivity index (χ4n) is 3.26. The summed E-state index contributed by atoms with van der Waals surface area (Å²) in [5.74, 6) is -0.769. The zero-order valence-corrected chi connectivity index (χ0v) is 12.8. The lowest BCUT2D eigenvalue weighted by Crippen LogP contribution is -2.31. The molecular weight excluding hydrogens is 311 g/mol. The number of anilines is 1. The maximum Gasteiger partial charge on any atom is 0.258 e. The molecule has 0 spiro atoms. The molecule has 1 saturated heterocycles. The van der Waals surface area contributed by atoms with Crippen LogP contribution in [0.2, 0.25) is 0 Å². The number of halogens is 1. The molecule has 1 aliphatic heterocycles. The average Bonchev–Trinajstić information content (AvgIpc) is 3.14. The van der Waals surface area contributed by atoms with Crippen LogP contribution < -0.4 is 4.90 Å². The molecule has 1 aromatic carbocycles. The third-order valence-electron chi connectivity index (χ3n) is 4.51. The van der Waals surface area contributed by atoms with Crippen LogP contribution in [0.3, 0.4) is 0 Å². The van der Waals surface area contributed by atoms with Crippen LogP contribution in [0.15, 0.2) is 36.4 Å². The Balaban J connectivity index is 1.55. The van der Waals surface area contributed by atoms with E-state index in [4.69, 9.17) is 0 Å². The highest BCUT2D eigenvalue weighted by atomic mass is 19.1. The number of fused-ring (bicyclic) bond motifs is 1. The topological polar surface area (TPSA) is 79.0 Å². The number of benzene rings is 1. The van der Waals surface area contributed by atoms with E-state index < -0.39 is 0 Å². The van der Waals surface area contributed by atoms with Gasteiger partial charge in [-0.3, -0.25) is 14.7 Å².